The number of aromatic nitrogens is 3. The summed E-state index contributed by atoms with van der Waals surface area (Å²) in [5.41, 5.74) is 7.52. The first-order valence-electron chi connectivity index (χ1n) is 11.0. The molecule has 3 heterocycles. The van der Waals surface area contributed by atoms with Crippen LogP contribution < -0.4 is 4.90 Å². The van der Waals surface area contributed by atoms with E-state index in [-0.39, 0.29) is 0 Å². The van der Waals surface area contributed by atoms with Gasteiger partial charge in [0.1, 0.15) is 16.7 Å². The van der Waals surface area contributed by atoms with E-state index in [1.165, 1.54) is 23.1 Å². The molecule has 6 rings (SSSR count). The fourth-order valence-corrected chi connectivity index (χ4v) is 5.48. The van der Waals surface area contributed by atoms with Crippen LogP contribution >= 0.6 is 23.1 Å². The van der Waals surface area contributed by atoms with E-state index in [0.717, 1.165) is 56.1 Å². The van der Waals surface area contributed by atoms with Crippen molar-refractivity contribution in [2.75, 3.05) is 4.90 Å². The van der Waals surface area contributed by atoms with Gasteiger partial charge in [0.15, 0.2) is 6.29 Å². The fourth-order valence-electron chi connectivity index (χ4n) is 4.10. The molecule has 168 valence electrons. The first-order chi connectivity index (χ1) is 17.3. The van der Waals surface area contributed by atoms with Crippen LogP contribution in [-0.2, 0) is 0 Å². The Morgan fingerprint density at radius 1 is 0.686 bits per heavy atom. The summed E-state index contributed by atoms with van der Waals surface area (Å²) in [6.45, 7) is 0. The molecule has 3 aromatic heterocycles. The zero-order valence-electron chi connectivity index (χ0n) is 18.4. The molecule has 0 saturated carbocycles. The van der Waals surface area contributed by atoms with Crippen molar-refractivity contribution in [3.8, 4) is 21.7 Å². The number of hydrogen-bond donors (Lipinski definition) is 0. The van der Waals surface area contributed by atoms with Gasteiger partial charge in [-0.2, -0.15) is 8.75 Å². The van der Waals surface area contributed by atoms with Crippen LogP contribution in [0.2, 0.25) is 0 Å². The van der Waals surface area contributed by atoms with Crippen LogP contribution in [0.5, 0.6) is 0 Å². The quantitative estimate of drug-likeness (QED) is 0.223. The lowest BCUT2D eigenvalue weighted by Gasteiger charge is -2.25. The topological polar surface area (TPSA) is 59.0 Å². The lowest BCUT2D eigenvalue weighted by Crippen LogP contribution is -2.09. The van der Waals surface area contributed by atoms with E-state index < -0.39 is 0 Å². The average molecular weight is 491 g/mol. The summed E-state index contributed by atoms with van der Waals surface area (Å²) in [5.74, 6) is 0. The van der Waals surface area contributed by atoms with E-state index >= 15 is 0 Å². The largest absolute Gasteiger partial charge is 0.311 e. The molecule has 0 unspecified atom stereocenters. The summed E-state index contributed by atoms with van der Waals surface area (Å²) in [4.78, 5) is 19.6. The molecular formula is C28H18N4OS2. The van der Waals surface area contributed by atoms with Gasteiger partial charge < -0.3 is 4.90 Å². The van der Waals surface area contributed by atoms with E-state index in [1.54, 1.807) is 6.07 Å². The van der Waals surface area contributed by atoms with Crippen molar-refractivity contribution in [2.45, 2.75) is 0 Å². The Hall–Kier alpha value is -4.20. The van der Waals surface area contributed by atoms with Crippen LogP contribution in [0.25, 0.3) is 32.7 Å². The summed E-state index contributed by atoms with van der Waals surface area (Å²) < 4.78 is 9.10. The SMILES string of the molecule is O=Cc1ccc(-c2ncc(-c3ccc(N(c4ccccc4)c4ccccc4)cc3)c3nsnc23)s1. The minimum absolute atomic E-state index is 0.666. The summed E-state index contributed by atoms with van der Waals surface area (Å²) in [6.07, 6.45) is 2.70. The van der Waals surface area contributed by atoms with Gasteiger partial charge in [0.25, 0.3) is 0 Å². The van der Waals surface area contributed by atoms with E-state index in [9.17, 15) is 4.79 Å². The molecule has 0 bridgehead atoms. The molecule has 6 aromatic rings. The van der Waals surface area contributed by atoms with Crippen LogP contribution in [0.15, 0.2) is 103 Å². The monoisotopic (exact) mass is 490 g/mol. The molecule has 0 N–H and O–H groups in total. The molecule has 0 fully saturated rings. The van der Waals surface area contributed by atoms with Crippen molar-refractivity contribution in [1.82, 2.24) is 13.7 Å². The third kappa shape index (κ3) is 4.01. The minimum atomic E-state index is 0.666. The number of hydrogen-bond acceptors (Lipinski definition) is 7. The molecule has 0 radical (unpaired) electrons. The predicted molar refractivity (Wildman–Crippen MR) is 144 cm³/mol. The van der Waals surface area contributed by atoms with Gasteiger partial charge in [-0.25, -0.2) is 0 Å². The average Bonchev–Trinajstić information content (AvgIpc) is 3.60. The molecule has 3 aromatic carbocycles. The van der Waals surface area contributed by atoms with Crippen molar-refractivity contribution in [3.63, 3.8) is 0 Å². The number of rotatable bonds is 6. The molecule has 0 aliphatic rings. The number of carbonyl (C=O) groups excluding carboxylic acids is 1. The van der Waals surface area contributed by atoms with Gasteiger partial charge in [-0.3, -0.25) is 9.78 Å². The van der Waals surface area contributed by atoms with Gasteiger partial charge in [-0.1, -0.05) is 48.5 Å². The summed E-state index contributed by atoms with van der Waals surface area (Å²) >= 11 is 2.58. The highest BCUT2D eigenvalue weighted by Gasteiger charge is 2.17. The molecule has 7 heteroatoms. The standard InChI is InChI=1S/C28H18N4OS2/c33-18-23-15-16-25(34-23)27-28-26(30-35-31-28)24(17-29-27)19-11-13-22(14-12-19)32(20-7-3-1-4-8-20)21-9-5-2-6-10-21/h1-18H. The predicted octanol–water partition coefficient (Wildman–Crippen LogP) is 7.76. The second kappa shape index (κ2) is 9.21. The molecule has 0 atom stereocenters. The summed E-state index contributed by atoms with van der Waals surface area (Å²) in [7, 11) is 0. The van der Waals surface area contributed by atoms with Crippen molar-refractivity contribution in [1.29, 1.82) is 0 Å². The number of fused-ring (bicyclic) bond motifs is 1. The van der Waals surface area contributed by atoms with Gasteiger partial charge in [-0.05, 0) is 54.1 Å². The zero-order chi connectivity index (χ0) is 23.6. The van der Waals surface area contributed by atoms with E-state index in [1.807, 2.05) is 48.7 Å². The van der Waals surface area contributed by atoms with Crippen LogP contribution in [0, 0.1) is 0 Å². The number of para-hydroxylation sites is 2. The number of nitrogens with zero attached hydrogens (tertiary/aromatic N) is 4. The third-order valence-corrected chi connectivity index (χ3v) is 7.28. The van der Waals surface area contributed by atoms with Crippen molar-refractivity contribution in [2.24, 2.45) is 0 Å². The molecule has 0 aliphatic heterocycles. The maximum absolute atomic E-state index is 11.1. The Bertz CT molecular complexity index is 1570. The van der Waals surface area contributed by atoms with Crippen molar-refractivity contribution >= 4 is 57.4 Å². The number of thiophene rings is 1. The van der Waals surface area contributed by atoms with Crippen LogP contribution in [0.4, 0.5) is 17.1 Å². The highest BCUT2D eigenvalue weighted by molar-refractivity contribution is 7.17. The Balaban J connectivity index is 1.40. The first kappa shape index (κ1) is 21.3. The minimum Gasteiger partial charge on any atom is -0.311 e. The molecule has 0 spiro atoms. The van der Waals surface area contributed by atoms with Crippen LogP contribution in [-0.4, -0.2) is 20.0 Å². The lowest BCUT2D eigenvalue weighted by molar-refractivity contribution is 0.112. The van der Waals surface area contributed by atoms with Gasteiger partial charge in [0.2, 0.25) is 0 Å². The molecule has 0 saturated heterocycles. The number of benzene rings is 3. The van der Waals surface area contributed by atoms with Crippen LogP contribution in [0.1, 0.15) is 9.67 Å². The van der Waals surface area contributed by atoms with E-state index in [0.29, 0.717) is 4.88 Å². The van der Waals surface area contributed by atoms with Crippen molar-refractivity contribution in [3.05, 3.63) is 108 Å². The zero-order valence-corrected chi connectivity index (χ0v) is 20.0. The van der Waals surface area contributed by atoms with Gasteiger partial charge in [0, 0.05) is 28.8 Å². The Labute approximate surface area is 210 Å². The Morgan fingerprint density at radius 3 is 1.94 bits per heavy atom. The highest BCUT2D eigenvalue weighted by atomic mass is 32.1. The molecule has 35 heavy (non-hydrogen) atoms. The Morgan fingerprint density at radius 2 is 1.31 bits per heavy atom. The fraction of sp³-hybridized carbons (Fsp3) is 0. The molecule has 0 aliphatic carbocycles. The summed E-state index contributed by atoms with van der Waals surface area (Å²) in [6, 6.07) is 32.8. The maximum atomic E-state index is 11.1. The summed E-state index contributed by atoms with van der Waals surface area (Å²) in [5, 5.41) is 0. The Kier molecular flexibility index (Phi) is 5.62. The molecule has 5 nitrogen and oxygen atoms in total. The second-order valence-electron chi connectivity index (χ2n) is 7.86. The van der Waals surface area contributed by atoms with E-state index in [4.69, 9.17) is 4.98 Å². The lowest BCUT2D eigenvalue weighted by atomic mass is 10.0. The number of anilines is 3. The van der Waals surface area contributed by atoms with Crippen LogP contribution in [0.3, 0.4) is 0 Å². The number of carbonyl (C=O) groups is 1. The smallest absolute Gasteiger partial charge is 0.160 e. The number of pyridine rings is 1. The van der Waals surface area contributed by atoms with Gasteiger partial charge in [0.05, 0.1) is 21.5 Å². The maximum Gasteiger partial charge on any atom is 0.160 e. The van der Waals surface area contributed by atoms with E-state index in [2.05, 4.69) is 62.2 Å². The van der Waals surface area contributed by atoms with Crippen molar-refractivity contribution < 1.29 is 4.79 Å². The van der Waals surface area contributed by atoms with Gasteiger partial charge in [-0.15, -0.1) is 11.3 Å². The molecule has 0 amide bonds. The normalized spacial score (nSPS) is 11.0. The number of aldehydes is 1. The molecular weight excluding hydrogens is 472 g/mol. The third-order valence-electron chi connectivity index (χ3n) is 5.73. The highest BCUT2D eigenvalue weighted by Crippen LogP contribution is 2.38. The second-order valence-corrected chi connectivity index (χ2v) is 9.50. The first-order valence-corrected chi connectivity index (χ1v) is 12.5. The van der Waals surface area contributed by atoms with Gasteiger partial charge >= 0.3 is 0 Å².